The number of nitrogens with zero attached hydrogens (tertiary/aromatic N) is 2. The summed E-state index contributed by atoms with van der Waals surface area (Å²) in [7, 11) is 0. The third-order valence-corrected chi connectivity index (χ3v) is 4.13. The van der Waals surface area contributed by atoms with Crippen molar-refractivity contribution in [2.75, 3.05) is 19.7 Å². The molecule has 0 radical (unpaired) electrons. The highest BCUT2D eigenvalue weighted by atomic mass is 16.5. The molecule has 3 aromatic rings. The van der Waals surface area contributed by atoms with Crippen LogP contribution in [0.5, 0.6) is 5.75 Å². The summed E-state index contributed by atoms with van der Waals surface area (Å²) in [5, 5.41) is 2.93. The Morgan fingerprint density at radius 3 is 2.83 bits per heavy atom. The average Bonchev–Trinajstić information content (AvgIpc) is 2.90. The third-order valence-electron chi connectivity index (χ3n) is 4.13. The Morgan fingerprint density at radius 2 is 2.04 bits per heavy atom. The number of aromatic nitrogens is 2. The van der Waals surface area contributed by atoms with E-state index in [-0.39, 0.29) is 5.91 Å². The van der Waals surface area contributed by atoms with Crippen LogP contribution in [0.15, 0.2) is 42.5 Å². The Kier molecular flexibility index (Phi) is 3.66. The topological polar surface area (TPSA) is 82.2 Å². The molecule has 0 saturated heterocycles. The first-order chi connectivity index (χ1) is 11.8. The second-order valence-corrected chi connectivity index (χ2v) is 5.68. The van der Waals surface area contributed by atoms with E-state index in [1.54, 1.807) is 0 Å². The Bertz CT molecular complexity index is 899. The van der Waals surface area contributed by atoms with Crippen molar-refractivity contribution < 1.29 is 9.53 Å². The van der Waals surface area contributed by atoms with E-state index in [2.05, 4.69) is 9.88 Å². The van der Waals surface area contributed by atoms with Gasteiger partial charge in [0.15, 0.2) is 0 Å². The fourth-order valence-electron chi connectivity index (χ4n) is 3.06. The highest BCUT2D eigenvalue weighted by Gasteiger charge is 2.21. The zero-order valence-corrected chi connectivity index (χ0v) is 13.2. The van der Waals surface area contributed by atoms with E-state index in [9.17, 15) is 4.79 Å². The summed E-state index contributed by atoms with van der Waals surface area (Å²) in [6.07, 6.45) is 0. The molecule has 1 amide bonds. The molecule has 0 atom stereocenters. The summed E-state index contributed by atoms with van der Waals surface area (Å²) in [6.45, 7) is 2.26. The SMILES string of the molecule is NCCOc1ccc(-c2nc3cccc4c3n2CCNC4=O)cc1. The number of nitrogens with two attached hydrogens (primary N) is 1. The smallest absolute Gasteiger partial charge is 0.253 e. The predicted molar refractivity (Wildman–Crippen MR) is 92.1 cm³/mol. The van der Waals surface area contributed by atoms with Gasteiger partial charge in [-0.05, 0) is 36.4 Å². The number of amides is 1. The van der Waals surface area contributed by atoms with Crippen LogP contribution >= 0.6 is 0 Å². The number of imidazole rings is 1. The number of para-hydroxylation sites is 1. The van der Waals surface area contributed by atoms with Gasteiger partial charge in [-0.15, -0.1) is 0 Å². The van der Waals surface area contributed by atoms with Gasteiger partial charge in [-0.1, -0.05) is 6.07 Å². The number of nitrogens with one attached hydrogen (secondary N) is 1. The lowest BCUT2D eigenvalue weighted by Gasteiger charge is -2.08. The minimum absolute atomic E-state index is 0.0451. The summed E-state index contributed by atoms with van der Waals surface area (Å²) in [5.41, 5.74) is 8.85. The zero-order valence-electron chi connectivity index (χ0n) is 13.2. The molecule has 0 saturated carbocycles. The van der Waals surface area contributed by atoms with Crippen molar-refractivity contribution in [3.63, 3.8) is 0 Å². The standard InChI is InChI=1S/C18H18N4O2/c19-8-11-24-13-6-4-12(5-7-13)17-21-15-3-1-2-14-16(15)22(17)10-9-20-18(14)23/h1-7H,8-11,19H2,(H,20,23). The van der Waals surface area contributed by atoms with E-state index in [0.29, 0.717) is 31.8 Å². The molecule has 0 aliphatic carbocycles. The van der Waals surface area contributed by atoms with Gasteiger partial charge in [-0.25, -0.2) is 4.98 Å². The van der Waals surface area contributed by atoms with Crippen molar-refractivity contribution in [2.24, 2.45) is 5.73 Å². The molecule has 6 nitrogen and oxygen atoms in total. The van der Waals surface area contributed by atoms with E-state index >= 15 is 0 Å². The van der Waals surface area contributed by atoms with Crippen molar-refractivity contribution >= 4 is 16.9 Å². The Labute approximate surface area is 139 Å². The Hall–Kier alpha value is -2.86. The number of ether oxygens (including phenoxy) is 1. The van der Waals surface area contributed by atoms with E-state index in [1.807, 2.05) is 42.5 Å². The van der Waals surface area contributed by atoms with Crippen LogP contribution in [0.4, 0.5) is 0 Å². The molecule has 6 heteroatoms. The summed E-state index contributed by atoms with van der Waals surface area (Å²) in [4.78, 5) is 16.9. The maximum atomic E-state index is 12.2. The number of benzene rings is 2. The summed E-state index contributed by atoms with van der Waals surface area (Å²) in [5.74, 6) is 1.60. The minimum Gasteiger partial charge on any atom is -0.492 e. The first-order valence-corrected chi connectivity index (χ1v) is 7.98. The molecule has 24 heavy (non-hydrogen) atoms. The zero-order chi connectivity index (χ0) is 16.5. The van der Waals surface area contributed by atoms with Crippen LogP contribution in [-0.4, -0.2) is 35.2 Å². The monoisotopic (exact) mass is 322 g/mol. The van der Waals surface area contributed by atoms with Gasteiger partial charge < -0.3 is 20.4 Å². The molecular formula is C18H18N4O2. The van der Waals surface area contributed by atoms with Crippen molar-refractivity contribution in [3.05, 3.63) is 48.0 Å². The molecule has 1 aliphatic heterocycles. The molecule has 0 spiro atoms. The highest BCUT2D eigenvalue weighted by molar-refractivity contribution is 6.06. The van der Waals surface area contributed by atoms with E-state index < -0.39 is 0 Å². The van der Waals surface area contributed by atoms with Crippen LogP contribution in [0.2, 0.25) is 0 Å². The molecule has 122 valence electrons. The van der Waals surface area contributed by atoms with Crippen LogP contribution in [0.1, 0.15) is 10.4 Å². The summed E-state index contributed by atoms with van der Waals surface area (Å²) in [6, 6.07) is 13.4. The van der Waals surface area contributed by atoms with Crippen molar-refractivity contribution in [1.29, 1.82) is 0 Å². The second-order valence-electron chi connectivity index (χ2n) is 5.68. The molecule has 0 bridgehead atoms. The molecule has 1 aliphatic rings. The van der Waals surface area contributed by atoms with E-state index in [1.165, 1.54) is 0 Å². The molecule has 2 aromatic carbocycles. The number of carbonyl (C=O) groups is 1. The van der Waals surface area contributed by atoms with Gasteiger partial charge in [-0.3, -0.25) is 4.79 Å². The van der Waals surface area contributed by atoms with E-state index in [4.69, 9.17) is 15.5 Å². The van der Waals surface area contributed by atoms with Crippen molar-refractivity contribution in [3.8, 4) is 17.1 Å². The first kappa shape index (κ1) is 14.7. The number of carbonyl (C=O) groups excluding carboxylic acids is 1. The Morgan fingerprint density at radius 1 is 1.21 bits per heavy atom. The van der Waals surface area contributed by atoms with Crippen molar-refractivity contribution in [1.82, 2.24) is 14.9 Å². The van der Waals surface area contributed by atoms with Crippen LogP contribution in [0, 0.1) is 0 Å². The Balaban J connectivity index is 1.81. The van der Waals surface area contributed by atoms with Crippen LogP contribution in [-0.2, 0) is 6.54 Å². The molecule has 3 N–H and O–H groups in total. The molecule has 2 heterocycles. The number of hydrogen-bond acceptors (Lipinski definition) is 4. The van der Waals surface area contributed by atoms with E-state index in [0.717, 1.165) is 28.2 Å². The minimum atomic E-state index is -0.0451. The van der Waals surface area contributed by atoms with Crippen LogP contribution in [0.3, 0.4) is 0 Å². The fraction of sp³-hybridized carbons (Fsp3) is 0.222. The predicted octanol–water partition coefficient (Wildman–Crippen LogP) is 1.78. The lowest BCUT2D eigenvalue weighted by atomic mass is 10.1. The summed E-state index contributed by atoms with van der Waals surface area (Å²) < 4.78 is 7.63. The molecule has 0 fully saturated rings. The average molecular weight is 322 g/mol. The lowest BCUT2D eigenvalue weighted by Crippen LogP contribution is -2.24. The van der Waals surface area contributed by atoms with Gasteiger partial charge in [0.25, 0.3) is 5.91 Å². The van der Waals surface area contributed by atoms with Crippen LogP contribution < -0.4 is 15.8 Å². The maximum Gasteiger partial charge on any atom is 0.253 e. The molecule has 4 rings (SSSR count). The lowest BCUT2D eigenvalue weighted by molar-refractivity contribution is 0.0956. The first-order valence-electron chi connectivity index (χ1n) is 7.98. The third kappa shape index (κ3) is 2.41. The van der Waals surface area contributed by atoms with Gasteiger partial charge in [0.05, 0.1) is 16.6 Å². The maximum absolute atomic E-state index is 12.2. The fourth-order valence-corrected chi connectivity index (χ4v) is 3.06. The molecule has 1 aromatic heterocycles. The quantitative estimate of drug-likeness (QED) is 0.767. The highest BCUT2D eigenvalue weighted by Crippen LogP contribution is 2.29. The van der Waals surface area contributed by atoms with Crippen LogP contribution in [0.25, 0.3) is 22.4 Å². The molecular weight excluding hydrogens is 304 g/mol. The molecule has 0 unspecified atom stereocenters. The number of rotatable bonds is 4. The number of hydrogen-bond donors (Lipinski definition) is 2. The van der Waals surface area contributed by atoms with Gasteiger partial charge in [0.2, 0.25) is 0 Å². The van der Waals surface area contributed by atoms with Crippen molar-refractivity contribution in [2.45, 2.75) is 6.54 Å². The normalized spacial score (nSPS) is 13.6. The second kappa shape index (κ2) is 5.98. The largest absolute Gasteiger partial charge is 0.492 e. The van der Waals surface area contributed by atoms with Gasteiger partial charge in [0.1, 0.15) is 18.2 Å². The van der Waals surface area contributed by atoms with Gasteiger partial charge >= 0.3 is 0 Å². The summed E-state index contributed by atoms with van der Waals surface area (Å²) >= 11 is 0. The van der Waals surface area contributed by atoms with Gasteiger partial charge in [-0.2, -0.15) is 0 Å². The van der Waals surface area contributed by atoms with Gasteiger partial charge in [0, 0.05) is 25.2 Å².